The van der Waals surface area contributed by atoms with Gasteiger partial charge < -0.3 is 10.5 Å². The monoisotopic (exact) mass is 255 g/mol. The van der Waals surface area contributed by atoms with Gasteiger partial charge in [0.1, 0.15) is 5.75 Å². The molecule has 1 aromatic carbocycles. The summed E-state index contributed by atoms with van der Waals surface area (Å²) in [5.74, 6) is -0.572. The lowest BCUT2D eigenvalue weighted by molar-refractivity contribution is -0.360. The molecule has 0 bridgehead atoms. The summed E-state index contributed by atoms with van der Waals surface area (Å²) in [6.45, 7) is 1.65. The highest BCUT2D eigenvalue weighted by atomic mass is 19.4. The minimum absolute atomic E-state index is 0.341. The van der Waals surface area contributed by atoms with Crippen LogP contribution < -0.4 is 10.5 Å². The molecule has 0 aliphatic heterocycles. The molecule has 0 fully saturated rings. The molecule has 96 valence electrons. The zero-order chi connectivity index (χ0) is 13.3. The van der Waals surface area contributed by atoms with E-state index in [9.17, 15) is 22.0 Å². The number of ether oxygens (including phenoxy) is 1. The maximum absolute atomic E-state index is 12.5. The molecule has 2 N–H and O–H groups in total. The highest BCUT2D eigenvalue weighted by Gasteiger charge is 2.61. The Morgan fingerprint density at radius 2 is 1.53 bits per heavy atom. The van der Waals surface area contributed by atoms with Gasteiger partial charge in [-0.05, 0) is 24.6 Å². The van der Waals surface area contributed by atoms with E-state index in [2.05, 4.69) is 4.74 Å². The van der Waals surface area contributed by atoms with Crippen LogP contribution in [0, 0.1) is 0 Å². The van der Waals surface area contributed by atoms with E-state index in [1.165, 1.54) is 12.1 Å². The molecule has 0 aromatic heterocycles. The molecule has 0 amide bonds. The molecule has 0 radical (unpaired) electrons. The summed E-state index contributed by atoms with van der Waals surface area (Å²) in [5, 5.41) is 0. The summed E-state index contributed by atoms with van der Waals surface area (Å²) < 4.78 is 64.1. The van der Waals surface area contributed by atoms with E-state index in [0.717, 1.165) is 12.1 Å². The zero-order valence-electron chi connectivity index (χ0n) is 8.76. The van der Waals surface area contributed by atoms with Crippen LogP contribution in [0.3, 0.4) is 0 Å². The van der Waals surface area contributed by atoms with Gasteiger partial charge in [-0.2, -0.15) is 22.0 Å². The maximum atomic E-state index is 12.5. The molecule has 1 atom stereocenters. The van der Waals surface area contributed by atoms with Crippen LogP contribution in [0.15, 0.2) is 24.3 Å². The van der Waals surface area contributed by atoms with E-state index >= 15 is 0 Å². The van der Waals surface area contributed by atoms with Crippen molar-refractivity contribution in [1.82, 2.24) is 0 Å². The fraction of sp³-hybridized carbons (Fsp3) is 0.400. The lowest BCUT2D eigenvalue weighted by Crippen LogP contribution is -2.41. The Morgan fingerprint density at radius 1 is 1.06 bits per heavy atom. The topological polar surface area (TPSA) is 35.2 Å². The van der Waals surface area contributed by atoms with Crippen molar-refractivity contribution in [2.24, 2.45) is 5.73 Å². The Labute approximate surface area is 94.2 Å². The van der Waals surface area contributed by atoms with Crippen LogP contribution in [0.4, 0.5) is 22.0 Å². The summed E-state index contributed by atoms with van der Waals surface area (Å²) in [5.41, 5.74) is 6.10. The lowest BCUT2D eigenvalue weighted by atomic mass is 10.1. The normalized spacial score (nSPS) is 14.5. The highest BCUT2D eigenvalue weighted by Crippen LogP contribution is 2.37. The van der Waals surface area contributed by atoms with Gasteiger partial charge >= 0.3 is 12.3 Å². The van der Waals surface area contributed by atoms with E-state index in [0.29, 0.717) is 5.56 Å². The van der Waals surface area contributed by atoms with Gasteiger partial charge in [0.15, 0.2) is 0 Å². The number of benzene rings is 1. The Bertz CT molecular complexity index is 371. The van der Waals surface area contributed by atoms with E-state index in [1.54, 1.807) is 6.92 Å². The van der Waals surface area contributed by atoms with Gasteiger partial charge in [0, 0.05) is 6.04 Å². The summed E-state index contributed by atoms with van der Waals surface area (Å²) in [6.07, 6.45) is -10.9. The predicted molar refractivity (Wildman–Crippen MR) is 50.7 cm³/mol. The number of hydrogen-bond donors (Lipinski definition) is 1. The maximum Gasteiger partial charge on any atom is 0.499 e. The fourth-order valence-corrected chi connectivity index (χ4v) is 1.05. The molecule has 17 heavy (non-hydrogen) atoms. The molecule has 0 spiro atoms. The second kappa shape index (κ2) is 4.48. The molecular weight excluding hydrogens is 245 g/mol. The molecule has 0 saturated heterocycles. The van der Waals surface area contributed by atoms with Crippen LogP contribution >= 0.6 is 0 Å². The second-order valence-corrected chi connectivity index (χ2v) is 3.47. The van der Waals surface area contributed by atoms with Crippen LogP contribution in [0.1, 0.15) is 18.5 Å². The predicted octanol–water partition coefficient (Wildman–Crippen LogP) is 3.24. The average Bonchev–Trinajstić information content (AvgIpc) is 2.16. The van der Waals surface area contributed by atoms with Crippen LogP contribution in [0.5, 0.6) is 5.75 Å². The third-order valence-corrected chi connectivity index (χ3v) is 1.98. The Balaban J connectivity index is 2.83. The molecule has 0 aliphatic rings. The second-order valence-electron chi connectivity index (χ2n) is 3.47. The number of alkyl halides is 5. The van der Waals surface area contributed by atoms with Crippen molar-refractivity contribution in [2.75, 3.05) is 0 Å². The summed E-state index contributed by atoms with van der Waals surface area (Å²) >= 11 is 0. The standard InChI is InChI=1S/C10H10F5NO/c1-6(16)7-2-4-8(5-3-7)17-10(14,15)9(11,12)13/h2-6H,16H2,1H3. The van der Waals surface area contributed by atoms with Gasteiger partial charge in [-0.15, -0.1) is 0 Å². The summed E-state index contributed by atoms with van der Waals surface area (Å²) in [6, 6.07) is 4.34. The Kier molecular flexibility index (Phi) is 3.61. The van der Waals surface area contributed by atoms with E-state index < -0.39 is 18.0 Å². The van der Waals surface area contributed by atoms with Crippen molar-refractivity contribution in [3.05, 3.63) is 29.8 Å². The molecule has 0 aliphatic carbocycles. The average molecular weight is 255 g/mol. The van der Waals surface area contributed by atoms with Crippen molar-refractivity contribution >= 4 is 0 Å². The van der Waals surface area contributed by atoms with Crippen molar-refractivity contribution < 1.29 is 26.7 Å². The van der Waals surface area contributed by atoms with Crippen molar-refractivity contribution in [1.29, 1.82) is 0 Å². The molecule has 2 nitrogen and oxygen atoms in total. The first-order valence-corrected chi connectivity index (χ1v) is 4.62. The first kappa shape index (κ1) is 13.7. The van der Waals surface area contributed by atoms with Gasteiger partial charge in [0.2, 0.25) is 0 Å². The van der Waals surface area contributed by atoms with Gasteiger partial charge in [0.05, 0.1) is 0 Å². The zero-order valence-corrected chi connectivity index (χ0v) is 8.76. The van der Waals surface area contributed by atoms with Crippen molar-refractivity contribution in [3.63, 3.8) is 0 Å². The first-order chi connectivity index (χ1) is 7.63. The van der Waals surface area contributed by atoms with Crippen molar-refractivity contribution in [3.8, 4) is 5.75 Å². The number of halogens is 5. The molecule has 7 heteroatoms. The molecule has 0 saturated carbocycles. The molecule has 1 rings (SSSR count). The largest absolute Gasteiger partial charge is 0.499 e. The quantitative estimate of drug-likeness (QED) is 0.841. The Morgan fingerprint density at radius 3 is 1.88 bits per heavy atom. The molecular formula is C10H10F5NO. The SMILES string of the molecule is CC(N)c1ccc(OC(F)(F)C(F)(F)F)cc1. The van der Waals surface area contributed by atoms with E-state index in [1.807, 2.05) is 0 Å². The molecule has 1 unspecified atom stereocenters. The minimum Gasteiger partial charge on any atom is -0.426 e. The van der Waals surface area contributed by atoms with Gasteiger partial charge in [-0.25, -0.2) is 0 Å². The van der Waals surface area contributed by atoms with Gasteiger partial charge in [-0.1, -0.05) is 12.1 Å². The van der Waals surface area contributed by atoms with Crippen LogP contribution in [-0.2, 0) is 0 Å². The smallest absolute Gasteiger partial charge is 0.426 e. The molecule has 0 heterocycles. The summed E-state index contributed by atoms with van der Waals surface area (Å²) in [7, 11) is 0. The highest BCUT2D eigenvalue weighted by molar-refractivity contribution is 5.29. The van der Waals surface area contributed by atoms with E-state index in [4.69, 9.17) is 5.73 Å². The first-order valence-electron chi connectivity index (χ1n) is 4.62. The third kappa shape index (κ3) is 3.29. The minimum atomic E-state index is -5.74. The number of nitrogens with two attached hydrogens (primary N) is 1. The molecule has 1 aromatic rings. The van der Waals surface area contributed by atoms with Gasteiger partial charge in [0.25, 0.3) is 0 Å². The fourth-order valence-electron chi connectivity index (χ4n) is 1.05. The van der Waals surface area contributed by atoms with Gasteiger partial charge in [-0.3, -0.25) is 0 Å². The Hall–Kier alpha value is -1.37. The lowest BCUT2D eigenvalue weighted by Gasteiger charge is -2.20. The van der Waals surface area contributed by atoms with Crippen LogP contribution in [0.2, 0.25) is 0 Å². The van der Waals surface area contributed by atoms with Crippen LogP contribution in [0.25, 0.3) is 0 Å². The third-order valence-electron chi connectivity index (χ3n) is 1.98. The number of hydrogen-bond acceptors (Lipinski definition) is 2. The van der Waals surface area contributed by atoms with E-state index in [-0.39, 0.29) is 6.04 Å². The van der Waals surface area contributed by atoms with Crippen molar-refractivity contribution in [2.45, 2.75) is 25.3 Å². The summed E-state index contributed by atoms with van der Waals surface area (Å²) in [4.78, 5) is 0. The number of rotatable bonds is 3. The van der Waals surface area contributed by atoms with Crippen LogP contribution in [-0.4, -0.2) is 12.3 Å².